The second-order valence-corrected chi connectivity index (χ2v) is 12.3. The van der Waals surface area contributed by atoms with Gasteiger partial charge in [0.15, 0.2) is 8.32 Å². The fraction of sp³-hybridized carbons (Fsp3) is 0.733. The summed E-state index contributed by atoms with van der Waals surface area (Å²) in [5.41, 5.74) is -1.67. The molecule has 6 nitrogen and oxygen atoms in total. The van der Waals surface area contributed by atoms with Crippen LogP contribution < -0.4 is 11.2 Å². The van der Waals surface area contributed by atoms with E-state index in [-0.39, 0.29) is 11.1 Å². The first kappa shape index (κ1) is 18.1. The third-order valence-corrected chi connectivity index (χ3v) is 9.26. The van der Waals surface area contributed by atoms with Crippen LogP contribution in [-0.2, 0) is 9.16 Å². The van der Waals surface area contributed by atoms with Crippen molar-refractivity contribution >= 4 is 8.32 Å². The average Bonchev–Trinajstić information content (AvgIpc) is 2.88. The van der Waals surface area contributed by atoms with Crippen LogP contribution in [0.25, 0.3) is 0 Å². The molecule has 130 valence electrons. The smallest absolute Gasteiger partial charge is 0.330 e. The molecule has 2 rings (SSSR count). The van der Waals surface area contributed by atoms with Crippen molar-refractivity contribution in [2.24, 2.45) is 0 Å². The van der Waals surface area contributed by atoms with Crippen LogP contribution in [0.15, 0.2) is 15.8 Å². The third kappa shape index (κ3) is 3.99. The normalized spacial score (nSPS) is 22.5. The van der Waals surface area contributed by atoms with Crippen molar-refractivity contribution in [2.75, 3.05) is 6.61 Å². The number of aromatic amines is 1. The maximum Gasteiger partial charge on any atom is 0.330 e. The molecule has 1 fully saturated rings. The molecule has 0 unspecified atom stereocenters. The predicted octanol–water partition coefficient (Wildman–Crippen LogP) is 2.38. The fourth-order valence-electron chi connectivity index (χ4n) is 2.21. The number of halogens is 1. The molecule has 1 N–H and O–H groups in total. The van der Waals surface area contributed by atoms with Gasteiger partial charge in [-0.1, -0.05) is 20.8 Å². The molecule has 0 amide bonds. The Bertz CT molecular complexity index is 677. The minimum Gasteiger partial charge on any atom is -0.414 e. The van der Waals surface area contributed by atoms with Crippen LogP contribution in [0.5, 0.6) is 0 Å². The van der Waals surface area contributed by atoms with Gasteiger partial charge in [-0.2, -0.15) is 4.39 Å². The number of hydrogen-bond acceptors (Lipinski definition) is 4. The van der Waals surface area contributed by atoms with Crippen molar-refractivity contribution in [2.45, 2.75) is 64.1 Å². The van der Waals surface area contributed by atoms with Gasteiger partial charge in [0.05, 0.1) is 18.9 Å². The van der Waals surface area contributed by atoms with Crippen LogP contribution in [0.3, 0.4) is 0 Å². The monoisotopic (exact) mass is 344 g/mol. The van der Waals surface area contributed by atoms with E-state index in [0.717, 1.165) is 17.2 Å². The Balaban J connectivity index is 2.01. The predicted molar refractivity (Wildman–Crippen MR) is 87.6 cm³/mol. The Hall–Kier alpha value is -1.25. The molecule has 1 aromatic rings. The highest BCUT2D eigenvalue weighted by atomic mass is 28.4. The Morgan fingerprint density at radius 3 is 2.65 bits per heavy atom. The molecule has 1 aliphatic rings. The lowest BCUT2D eigenvalue weighted by molar-refractivity contribution is -0.0226. The van der Waals surface area contributed by atoms with Gasteiger partial charge >= 0.3 is 5.69 Å². The van der Waals surface area contributed by atoms with Crippen LogP contribution in [-0.4, -0.2) is 30.6 Å². The van der Waals surface area contributed by atoms with E-state index < -0.39 is 31.6 Å². The minimum atomic E-state index is -1.86. The van der Waals surface area contributed by atoms with Crippen molar-refractivity contribution in [3.05, 3.63) is 32.9 Å². The van der Waals surface area contributed by atoms with Gasteiger partial charge in [0.1, 0.15) is 6.23 Å². The van der Waals surface area contributed by atoms with Gasteiger partial charge in [0, 0.05) is 0 Å². The molecular weight excluding hydrogens is 319 g/mol. The number of hydrogen-bond donors (Lipinski definition) is 1. The van der Waals surface area contributed by atoms with Crippen LogP contribution in [0, 0.1) is 5.82 Å². The molecule has 0 aromatic carbocycles. The van der Waals surface area contributed by atoms with Gasteiger partial charge in [0.2, 0.25) is 5.82 Å². The minimum absolute atomic E-state index is 0.115. The van der Waals surface area contributed by atoms with Gasteiger partial charge in [-0.3, -0.25) is 14.3 Å². The second-order valence-electron chi connectivity index (χ2n) is 7.50. The van der Waals surface area contributed by atoms with Crippen LogP contribution in [0.1, 0.15) is 39.8 Å². The zero-order valence-corrected chi connectivity index (χ0v) is 15.3. The molecule has 1 aliphatic heterocycles. The summed E-state index contributed by atoms with van der Waals surface area (Å²) in [5, 5.41) is 0.115. The molecule has 0 saturated carbocycles. The summed E-state index contributed by atoms with van der Waals surface area (Å²) in [6.45, 7) is 11.3. The Morgan fingerprint density at radius 2 is 2.04 bits per heavy atom. The zero-order chi connectivity index (χ0) is 17.4. The molecule has 1 saturated heterocycles. The average molecular weight is 344 g/mol. The number of H-pyrrole nitrogens is 1. The largest absolute Gasteiger partial charge is 0.414 e. The highest BCUT2D eigenvalue weighted by Crippen LogP contribution is 2.37. The quantitative estimate of drug-likeness (QED) is 0.851. The maximum absolute atomic E-state index is 13.4. The van der Waals surface area contributed by atoms with E-state index in [1.807, 2.05) is 4.98 Å². The molecular formula is C15H25FN2O4Si. The third-order valence-electron chi connectivity index (χ3n) is 4.76. The van der Waals surface area contributed by atoms with E-state index >= 15 is 0 Å². The van der Waals surface area contributed by atoms with Crippen LogP contribution in [0.2, 0.25) is 18.1 Å². The summed E-state index contributed by atoms with van der Waals surface area (Å²) < 4.78 is 26.4. The highest BCUT2D eigenvalue weighted by molar-refractivity contribution is 6.74. The summed E-state index contributed by atoms with van der Waals surface area (Å²) in [4.78, 5) is 24.8. The number of aromatic nitrogens is 2. The highest BCUT2D eigenvalue weighted by Gasteiger charge is 2.38. The Morgan fingerprint density at radius 1 is 1.39 bits per heavy atom. The number of nitrogens with one attached hydrogen (secondary N) is 1. The molecule has 2 atom stereocenters. The summed E-state index contributed by atoms with van der Waals surface area (Å²) in [6.07, 6.45) is 1.52. The van der Waals surface area contributed by atoms with Crippen molar-refractivity contribution in [1.82, 2.24) is 9.55 Å². The number of rotatable bonds is 4. The van der Waals surface area contributed by atoms with E-state index in [9.17, 15) is 14.0 Å². The van der Waals surface area contributed by atoms with Crippen molar-refractivity contribution in [3.63, 3.8) is 0 Å². The van der Waals surface area contributed by atoms with E-state index in [0.29, 0.717) is 13.0 Å². The first-order chi connectivity index (χ1) is 10.5. The molecule has 0 bridgehead atoms. The van der Waals surface area contributed by atoms with E-state index in [1.165, 1.54) is 0 Å². The summed E-state index contributed by atoms with van der Waals surface area (Å²) in [6, 6.07) is 0. The molecule has 1 aromatic heterocycles. The number of nitrogens with zero attached hydrogens (tertiary/aromatic N) is 1. The standard InChI is InChI=1S/C15H25FN2O4Si/c1-15(2,3)23(4,5)21-9-10-6-7-12(22-10)18-8-11(16)13(19)17-14(18)20/h8,10,12H,6-7,9H2,1-5H3,(H,17,19,20)/t10-,12+/m0/s1. The molecule has 2 heterocycles. The van der Waals surface area contributed by atoms with Gasteiger partial charge in [-0.15, -0.1) is 0 Å². The van der Waals surface area contributed by atoms with Gasteiger partial charge in [0.25, 0.3) is 5.56 Å². The number of ether oxygens (including phenoxy) is 1. The SMILES string of the molecule is CC(C)(C)[Si](C)(C)OC[C@@H]1CC[C@H](n2cc(F)c(=O)[nH]c2=O)O1. The lowest BCUT2D eigenvalue weighted by atomic mass is 10.2. The second kappa shape index (κ2) is 6.33. The lowest BCUT2D eigenvalue weighted by Crippen LogP contribution is -2.42. The van der Waals surface area contributed by atoms with Crippen LogP contribution >= 0.6 is 0 Å². The molecule has 0 radical (unpaired) electrons. The Kier molecular flexibility index (Phi) is 4.98. The van der Waals surface area contributed by atoms with Crippen molar-refractivity contribution in [1.29, 1.82) is 0 Å². The van der Waals surface area contributed by atoms with Crippen LogP contribution in [0.4, 0.5) is 4.39 Å². The maximum atomic E-state index is 13.4. The summed E-state index contributed by atoms with van der Waals surface area (Å²) in [7, 11) is -1.86. The lowest BCUT2D eigenvalue weighted by Gasteiger charge is -2.36. The topological polar surface area (TPSA) is 73.3 Å². The van der Waals surface area contributed by atoms with Gasteiger partial charge in [-0.25, -0.2) is 4.79 Å². The summed E-state index contributed by atoms with van der Waals surface area (Å²) >= 11 is 0. The molecule has 23 heavy (non-hydrogen) atoms. The zero-order valence-electron chi connectivity index (χ0n) is 14.3. The Labute approximate surface area is 135 Å². The molecule has 0 aliphatic carbocycles. The summed E-state index contributed by atoms with van der Waals surface area (Å²) in [5.74, 6) is -0.992. The van der Waals surface area contributed by atoms with Crippen molar-refractivity contribution in [3.8, 4) is 0 Å². The van der Waals surface area contributed by atoms with Gasteiger partial charge < -0.3 is 9.16 Å². The van der Waals surface area contributed by atoms with E-state index in [2.05, 4.69) is 33.9 Å². The van der Waals surface area contributed by atoms with E-state index in [1.54, 1.807) is 0 Å². The van der Waals surface area contributed by atoms with Crippen molar-refractivity contribution < 1.29 is 13.6 Å². The van der Waals surface area contributed by atoms with E-state index in [4.69, 9.17) is 9.16 Å². The fourth-order valence-corrected chi connectivity index (χ4v) is 3.24. The molecule has 0 spiro atoms. The first-order valence-electron chi connectivity index (χ1n) is 7.81. The first-order valence-corrected chi connectivity index (χ1v) is 10.7. The van der Waals surface area contributed by atoms with Gasteiger partial charge in [-0.05, 0) is 31.0 Å². The molecule has 8 heteroatoms.